The molecule has 0 bridgehead atoms. The van der Waals surface area contributed by atoms with E-state index in [0.717, 1.165) is 17.2 Å². The first-order chi connectivity index (χ1) is 6.70. The van der Waals surface area contributed by atoms with Crippen LogP contribution < -0.4 is 5.32 Å². The Kier molecular flexibility index (Phi) is 2.83. The SMILES string of the molecule is C#CC(C)NC1CCc2sc(Cl)cc21. The molecule has 2 unspecified atom stereocenters. The topological polar surface area (TPSA) is 12.0 Å². The number of hydrogen-bond donors (Lipinski definition) is 1. The Balaban J connectivity index is 2.14. The van der Waals surface area contributed by atoms with Gasteiger partial charge in [0.1, 0.15) is 0 Å². The van der Waals surface area contributed by atoms with Crippen LogP contribution in [0.4, 0.5) is 0 Å². The van der Waals surface area contributed by atoms with E-state index in [2.05, 4.69) is 17.3 Å². The molecule has 0 amide bonds. The predicted molar refractivity (Wildman–Crippen MR) is 61.8 cm³/mol. The lowest BCUT2D eigenvalue weighted by atomic mass is 10.1. The molecule has 0 radical (unpaired) electrons. The van der Waals surface area contributed by atoms with Gasteiger partial charge >= 0.3 is 0 Å². The number of rotatable bonds is 2. The first kappa shape index (κ1) is 10.0. The number of halogens is 1. The smallest absolute Gasteiger partial charge is 0.0934 e. The molecule has 1 aliphatic rings. The summed E-state index contributed by atoms with van der Waals surface area (Å²) < 4.78 is 0.884. The van der Waals surface area contributed by atoms with Gasteiger partial charge in [0.25, 0.3) is 0 Å². The van der Waals surface area contributed by atoms with Crippen molar-refractivity contribution in [2.45, 2.75) is 31.8 Å². The van der Waals surface area contributed by atoms with Gasteiger partial charge in [0.15, 0.2) is 0 Å². The highest BCUT2D eigenvalue weighted by atomic mass is 35.5. The van der Waals surface area contributed by atoms with Gasteiger partial charge in [0.05, 0.1) is 10.4 Å². The summed E-state index contributed by atoms with van der Waals surface area (Å²) >= 11 is 7.65. The molecule has 0 saturated carbocycles. The van der Waals surface area contributed by atoms with Crippen molar-refractivity contribution in [1.29, 1.82) is 0 Å². The van der Waals surface area contributed by atoms with Crippen molar-refractivity contribution in [3.8, 4) is 12.3 Å². The van der Waals surface area contributed by atoms with Crippen LogP contribution >= 0.6 is 22.9 Å². The number of nitrogens with one attached hydrogen (secondary N) is 1. The second kappa shape index (κ2) is 3.94. The van der Waals surface area contributed by atoms with E-state index < -0.39 is 0 Å². The van der Waals surface area contributed by atoms with Gasteiger partial charge in [-0.3, -0.25) is 5.32 Å². The molecule has 74 valence electrons. The Hall–Kier alpha value is -0.490. The molecule has 1 aromatic heterocycles. The zero-order valence-corrected chi connectivity index (χ0v) is 9.58. The van der Waals surface area contributed by atoms with Gasteiger partial charge in [0.2, 0.25) is 0 Å². The van der Waals surface area contributed by atoms with E-state index in [-0.39, 0.29) is 6.04 Å². The van der Waals surface area contributed by atoms with E-state index in [9.17, 15) is 0 Å². The normalized spacial score (nSPS) is 21.6. The number of aryl methyl sites for hydroxylation is 1. The molecule has 0 saturated heterocycles. The molecular formula is C11H12ClNS. The highest BCUT2D eigenvalue weighted by Gasteiger charge is 2.25. The average Bonchev–Trinajstić information content (AvgIpc) is 2.67. The quantitative estimate of drug-likeness (QED) is 0.764. The predicted octanol–water partition coefficient (Wildman–Crippen LogP) is 3.00. The molecule has 1 N–H and O–H groups in total. The molecule has 0 fully saturated rings. The van der Waals surface area contributed by atoms with E-state index >= 15 is 0 Å². The molecule has 1 aliphatic carbocycles. The van der Waals surface area contributed by atoms with Gasteiger partial charge in [-0.2, -0.15) is 0 Å². The highest BCUT2D eigenvalue weighted by molar-refractivity contribution is 7.16. The highest BCUT2D eigenvalue weighted by Crippen LogP contribution is 2.39. The Bertz CT molecular complexity index is 377. The van der Waals surface area contributed by atoms with Gasteiger partial charge < -0.3 is 0 Å². The van der Waals surface area contributed by atoms with Crippen molar-refractivity contribution < 1.29 is 0 Å². The average molecular weight is 226 g/mol. The molecule has 1 heterocycles. The largest absolute Gasteiger partial charge is 0.297 e. The minimum atomic E-state index is 0.129. The lowest BCUT2D eigenvalue weighted by Gasteiger charge is -2.15. The van der Waals surface area contributed by atoms with Gasteiger partial charge in [-0.1, -0.05) is 17.5 Å². The zero-order chi connectivity index (χ0) is 10.1. The second-order valence-electron chi connectivity index (χ2n) is 3.58. The van der Waals surface area contributed by atoms with Crippen LogP contribution in [0, 0.1) is 12.3 Å². The van der Waals surface area contributed by atoms with Crippen molar-refractivity contribution in [1.82, 2.24) is 5.32 Å². The maximum atomic E-state index is 5.96. The minimum Gasteiger partial charge on any atom is -0.297 e. The molecule has 0 aliphatic heterocycles. The van der Waals surface area contributed by atoms with E-state index in [4.69, 9.17) is 18.0 Å². The third kappa shape index (κ3) is 1.81. The second-order valence-corrected chi connectivity index (χ2v) is 5.34. The molecule has 1 aromatic rings. The fraction of sp³-hybridized carbons (Fsp3) is 0.455. The third-order valence-electron chi connectivity index (χ3n) is 2.55. The fourth-order valence-electron chi connectivity index (χ4n) is 1.85. The number of hydrogen-bond acceptors (Lipinski definition) is 2. The van der Waals surface area contributed by atoms with Crippen molar-refractivity contribution in [3.05, 3.63) is 20.8 Å². The summed E-state index contributed by atoms with van der Waals surface area (Å²) in [7, 11) is 0. The van der Waals surface area contributed by atoms with Crippen molar-refractivity contribution in [2.75, 3.05) is 0 Å². The van der Waals surface area contributed by atoms with Crippen LogP contribution in [0.1, 0.15) is 29.8 Å². The molecule has 0 aromatic carbocycles. The standard InChI is InChI=1S/C11H12ClNS/c1-3-7(2)13-9-4-5-10-8(9)6-11(12)14-10/h1,6-7,9,13H,4-5H2,2H3. The van der Waals surface area contributed by atoms with Crippen LogP contribution in [0.25, 0.3) is 0 Å². The lowest BCUT2D eigenvalue weighted by molar-refractivity contribution is 0.508. The van der Waals surface area contributed by atoms with E-state index in [0.29, 0.717) is 6.04 Å². The van der Waals surface area contributed by atoms with Crippen molar-refractivity contribution >= 4 is 22.9 Å². The zero-order valence-electron chi connectivity index (χ0n) is 8.01. The third-order valence-corrected chi connectivity index (χ3v) is 3.89. The Morgan fingerprint density at radius 3 is 3.29 bits per heavy atom. The van der Waals surface area contributed by atoms with Crippen LogP contribution in [-0.2, 0) is 6.42 Å². The van der Waals surface area contributed by atoms with Gasteiger partial charge in [-0.25, -0.2) is 0 Å². The van der Waals surface area contributed by atoms with Gasteiger partial charge in [-0.15, -0.1) is 17.8 Å². The number of terminal acetylenes is 1. The molecular weight excluding hydrogens is 214 g/mol. The minimum absolute atomic E-state index is 0.129. The van der Waals surface area contributed by atoms with Crippen LogP contribution in [0.3, 0.4) is 0 Å². The first-order valence-electron chi connectivity index (χ1n) is 4.71. The van der Waals surface area contributed by atoms with E-state index in [1.165, 1.54) is 10.4 Å². The van der Waals surface area contributed by atoms with Crippen LogP contribution in [0.15, 0.2) is 6.07 Å². The summed E-state index contributed by atoms with van der Waals surface area (Å²) in [4.78, 5) is 1.41. The summed E-state index contributed by atoms with van der Waals surface area (Å²) in [5.41, 5.74) is 1.35. The Morgan fingerprint density at radius 2 is 2.57 bits per heavy atom. The molecule has 14 heavy (non-hydrogen) atoms. The summed E-state index contributed by atoms with van der Waals surface area (Å²) in [6.07, 6.45) is 7.61. The van der Waals surface area contributed by atoms with Crippen LogP contribution in [0.5, 0.6) is 0 Å². The summed E-state index contributed by atoms with van der Waals surface area (Å²) in [6, 6.07) is 2.60. The van der Waals surface area contributed by atoms with Crippen LogP contribution in [0.2, 0.25) is 4.34 Å². The molecule has 2 rings (SSSR count). The maximum absolute atomic E-state index is 5.96. The van der Waals surface area contributed by atoms with E-state index in [1.807, 2.05) is 6.92 Å². The fourth-order valence-corrected chi connectivity index (χ4v) is 3.21. The van der Waals surface area contributed by atoms with E-state index in [1.54, 1.807) is 11.3 Å². The van der Waals surface area contributed by atoms with Gasteiger partial charge in [0, 0.05) is 10.9 Å². The summed E-state index contributed by atoms with van der Waals surface area (Å²) in [5, 5.41) is 3.41. The Morgan fingerprint density at radius 1 is 1.79 bits per heavy atom. The maximum Gasteiger partial charge on any atom is 0.0934 e. The monoisotopic (exact) mass is 225 g/mol. The van der Waals surface area contributed by atoms with Gasteiger partial charge in [-0.05, 0) is 31.4 Å². The summed E-state index contributed by atoms with van der Waals surface area (Å²) in [5.74, 6) is 2.69. The van der Waals surface area contributed by atoms with Crippen molar-refractivity contribution in [2.24, 2.45) is 0 Å². The Labute approximate surface area is 93.5 Å². The van der Waals surface area contributed by atoms with Crippen molar-refractivity contribution in [3.63, 3.8) is 0 Å². The molecule has 0 spiro atoms. The number of thiophene rings is 1. The molecule has 1 nitrogen and oxygen atoms in total. The number of fused-ring (bicyclic) bond motifs is 1. The summed E-state index contributed by atoms with van der Waals surface area (Å²) in [6.45, 7) is 2.01. The van der Waals surface area contributed by atoms with Crippen LogP contribution in [-0.4, -0.2) is 6.04 Å². The lowest BCUT2D eigenvalue weighted by Crippen LogP contribution is -2.27. The first-order valence-corrected chi connectivity index (χ1v) is 5.90. The molecule has 3 heteroatoms. The molecule has 2 atom stereocenters.